The highest BCUT2D eigenvalue weighted by atomic mass is 35.5. The number of esters is 1. The summed E-state index contributed by atoms with van der Waals surface area (Å²) >= 11 is 0. The predicted molar refractivity (Wildman–Crippen MR) is 142 cm³/mol. The van der Waals surface area contributed by atoms with E-state index in [1.807, 2.05) is 43.1 Å². The molecule has 2 N–H and O–H groups in total. The first-order valence-electron chi connectivity index (χ1n) is 11.6. The van der Waals surface area contributed by atoms with Crippen LogP contribution < -0.4 is 14.8 Å². The molecule has 37 heavy (non-hydrogen) atoms. The largest absolute Gasteiger partial charge is 0.481 e. The summed E-state index contributed by atoms with van der Waals surface area (Å²) in [5.41, 5.74) is 0.988. The van der Waals surface area contributed by atoms with Crippen molar-refractivity contribution in [2.24, 2.45) is 5.41 Å². The Morgan fingerprint density at radius 1 is 1.22 bits per heavy atom. The number of fused-ring (bicyclic) bond motifs is 1. The molecule has 11 heteroatoms. The van der Waals surface area contributed by atoms with E-state index in [0.717, 1.165) is 5.69 Å². The number of carboxylic acid groups (broad SMARTS) is 1. The van der Waals surface area contributed by atoms with Gasteiger partial charge in [-0.15, -0.1) is 24.8 Å². The number of pyridine rings is 1. The molecule has 0 radical (unpaired) electrons. The van der Waals surface area contributed by atoms with Crippen LogP contribution in [0.5, 0.6) is 11.5 Å². The normalized spacial score (nSPS) is 22.0. The third kappa shape index (κ3) is 5.63. The van der Waals surface area contributed by atoms with E-state index in [-0.39, 0.29) is 43.6 Å². The molecule has 3 heterocycles. The van der Waals surface area contributed by atoms with E-state index in [9.17, 15) is 14.7 Å². The molecule has 0 spiro atoms. The van der Waals surface area contributed by atoms with Crippen molar-refractivity contribution in [2.45, 2.75) is 38.8 Å². The van der Waals surface area contributed by atoms with Gasteiger partial charge in [-0.1, -0.05) is 18.2 Å². The first kappa shape index (κ1) is 30.2. The fraction of sp³-hybridized carbons (Fsp3) is 0.423. The lowest BCUT2D eigenvalue weighted by Gasteiger charge is -2.47. The van der Waals surface area contributed by atoms with Crippen LogP contribution in [0.3, 0.4) is 0 Å². The highest BCUT2D eigenvalue weighted by molar-refractivity contribution is 5.94. The third-order valence-electron chi connectivity index (χ3n) is 7.02. The predicted octanol–water partition coefficient (Wildman–Crippen LogP) is 3.77. The second-order valence-corrected chi connectivity index (χ2v) is 9.06. The van der Waals surface area contributed by atoms with Crippen LogP contribution in [0.1, 0.15) is 37.4 Å². The summed E-state index contributed by atoms with van der Waals surface area (Å²) in [6, 6.07) is 10.6. The zero-order valence-electron chi connectivity index (χ0n) is 21.2. The van der Waals surface area contributed by atoms with Gasteiger partial charge in [-0.25, -0.2) is 4.79 Å². The standard InChI is InChI=1S/C26H31N3O6.2ClH/c1-16-21(24(30)33-4)22(19-9-7-10-20-23(19)35-15-34-20)26(25(31)32,17(2)28-16)11-13-29(3)14-18-8-5-6-12-27-18;;/h5-10,12,17,22,28H,11,13-15H2,1-4H3,(H,31,32);2*1H. The molecule has 2 aliphatic heterocycles. The first-order chi connectivity index (χ1) is 16.8. The Hall–Kier alpha value is -3.01. The average Bonchev–Trinajstić information content (AvgIpc) is 3.32. The number of carbonyl (C=O) groups is 2. The maximum Gasteiger partial charge on any atom is 0.336 e. The van der Waals surface area contributed by atoms with Crippen LogP contribution in [0.4, 0.5) is 0 Å². The number of carbonyl (C=O) groups excluding carboxylic acids is 1. The highest BCUT2D eigenvalue weighted by Crippen LogP contribution is 2.54. The molecule has 1 aromatic heterocycles. The molecule has 0 saturated heterocycles. The SMILES string of the molecule is COC(=O)C1=C(C)NC(C)C(CCN(C)Cc2ccccn2)(C(=O)O)C1c1cccc2c1OCO2.Cl.Cl. The molecule has 0 amide bonds. The van der Waals surface area contributed by atoms with Gasteiger partial charge in [0, 0.05) is 36.0 Å². The fourth-order valence-electron chi connectivity index (χ4n) is 5.25. The number of allylic oxidation sites excluding steroid dienone is 1. The number of benzene rings is 1. The minimum atomic E-state index is -1.37. The van der Waals surface area contributed by atoms with Crippen LogP contribution >= 0.6 is 24.8 Å². The molecular weight excluding hydrogens is 521 g/mol. The van der Waals surface area contributed by atoms with Crippen molar-refractivity contribution in [3.05, 3.63) is 65.1 Å². The Morgan fingerprint density at radius 2 is 1.97 bits per heavy atom. The minimum absolute atomic E-state index is 0. The number of hydrogen-bond acceptors (Lipinski definition) is 8. The van der Waals surface area contributed by atoms with Gasteiger partial charge in [0.2, 0.25) is 6.79 Å². The lowest BCUT2D eigenvalue weighted by molar-refractivity contribution is -0.154. The molecule has 0 bridgehead atoms. The van der Waals surface area contributed by atoms with Gasteiger partial charge >= 0.3 is 11.9 Å². The molecule has 1 aromatic carbocycles. The zero-order chi connectivity index (χ0) is 25.2. The summed E-state index contributed by atoms with van der Waals surface area (Å²) in [5, 5.41) is 14.0. The van der Waals surface area contributed by atoms with Crippen molar-refractivity contribution >= 4 is 36.8 Å². The van der Waals surface area contributed by atoms with E-state index in [2.05, 4.69) is 10.3 Å². The Kier molecular flexibility index (Phi) is 10.2. The topological polar surface area (TPSA) is 110 Å². The summed E-state index contributed by atoms with van der Waals surface area (Å²) in [5.74, 6) is -1.39. The first-order valence-corrected chi connectivity index (χ1v) is 11.6. The van der Waals surface area contributed by atoms with E-state index in [4.69, 9.17) is 14.2 Å². The van der Waals surface area contributed by atoms with Crippen molar-refractivity contribution in [1.82, 2.24) is 15.2 Å². The fourth-order valence-corrected chi connectivity index (χ4v) is 5.25. The van der Waals surface area contributed by atoms with Gasteiger partial charge in [0.05, 0.1) is 18.4 Å². The smallest absolute Gasteiger partial charge is 0.336 e. The average molecular weight is 554 g/mol. The molecule has 2 aromatic rings. The van der Waals surface area contributed by atoms with Gasteiger partial charge in [-0.05, 0) is 52.1 Å². The van der Waals surface area contributed by atoms with Gasteiger partial charge < -0.3 is 29.5 Å². The maximum absolute atomic E-state index is 13.2. The van der Waals surface area contributed by atoms with Gasteiger partial charge in [-0.3, -0.25) is 9.78 Å². The van der Waals surface area contributed by atoms with Crippen molar-refractivity contribution in [1.29, 1.82) is 0 Å². The van der Waals surface area contributed by atoms with Gasteiger partial charge in [-0.2, -0.15) is 0 Å². The molecule has 3 atom stereocenters. The summed E-state index contributed by atoms with van der Waals surface area (Å²) in [4.78, 5) is 32.6. The summed E-state index contributed by atoms with van der Waals surface area (Å²) in [7, 11) is 3.23. The Balaban J connectivity index is 0.00000241. The number of ether oxygens (including phenoxy) is 3. The molecule has 9 nitrogen and oxygen atoms in total. The highest BCUT2D eigenvalue weighted by Gasteiger charge is 2.57. The van der Waals surface area contributed by atoms with E-state index < -0.39 is 29.3 Å². The second kappa shape index (κ2) is 12.5. The van der Waals surface area contributed by atoms with Crippen molar-refractivity contribution < 1.29 is 28.9 Å². The number of rotatable bonds is 8. The van der Waals surface area contributed by atoms with E-state index in [0.29, 0.717) is 35.8 Å². The zero-order valence-corrected chi connectivity index (χ0v) is 22.9. The Morgan fingerprint density at radius 3 is 2.62 bits per heavy atom. The third-order valence-corrected chi connectivity index (χ3v) is 7.02. The number of halogens is 2. The number of nitrogens with zero attached hydrogens (tertiary/aromatic N) is 2. The van der Waals surface area contributed by atoms with E-state index >= 15 is 0 Å². The van der Waals surface area contributed by atoms with Crippen LogP contribution in [0, 0.1) is 5.41 Å². The van der Waals surface area contributed by atoms with Crippen molar-refractivity contribution in [3.8, 4) is 11.5 Å². The molecule has 202 valence electrons. The maximum atomic E-state index is 13.2. The molecular formula is C26H33Cl2N3O6. The molecule has 0 saturated carbocycles. The van der Waals surface area contributed by atoms with Crippen LogP contribution in [-0.4, -0.2) is 60.5 Å². The number of para-hydroxylation sites is 1. The Bertz CT molecular complexity index is 1150. The second-order valence-electron chi connectivity index (χ2n) is 9.06. The van der Waals surface area contributed by atoms with Gasteiger partial charge in [0.25, 0.3) is 0 Å². The van der Waals surface area contributed by atoms with Crippen molar-refractivity contribution in [2.75, 3.05) is 27.5 Å². The lowest BCUT2D eigenvalue weighted by Crippen LogP contribution is -2.57. The van der Waals surface area contributed by atoms with Crippen LogP contribution in [0.2, 0.25) is 0 Å². The number of hydrogen-bond donors (Lipinski definition) is 2. The minimum Gasteiger partial charge on any atom is -0.481 e. The van der Waals surface area contributed by atoms with Crippen molar-refractivity contribution in [3.63, 3.8) is 0 Å². The summed E-state index contributed by atoms with van der Waals surface area (Å²) in [6.07, 6.45) is 2.00. The van der Waals surface area contributed by atoms with Gasteiger partial charge in [0.15, 0.2) is 11.5 Å². The van der Waals surface area contributed by atoms with E-state index in [1.54, 1.807) is 25.3 Å². The summed E-state index contributed by atoms with van der Waals surface area (Å²) < 4.78 is 16.5. The summed E-state index contributed by atoms with van der Waals surface area (Å²) in [6.45, 7) is 4.69. The number of methoxy groups -OCH3 is 1. The molecule has 0 fully saturated rings. The van der Waals surface area contributed by atoms with E-state index in [1.165, 1.54) is 7.11 Å². The number of aromatic nitrogens is 1. The monoisotopic (exact) mass is 553 g/mol. The van der Waals surface area contributed by atoms with Crippen LogP contribution in [0.25, 0.3) is 0 Å². The number of aliphatic carboxylic acids is 1. The molecule has 2 aliphatic rings. The van der Waals surface area contributed by atoms with Crippen LogP contribution in [0.15, 0.2) is 53.9 Å². The van der Waals surface area contributed by atoms with Crippen LogP contribution in [-0.2, 0) is 20.9 Å². The van der Waals surface area contributed by atoms with Gasteiger partial charge in [0.1, 0.15) is 5.41 Å². The Labute approximate surface area is 229 Å². The number of carboxylic acids is 1. The molecule has 0 aliphatic carbocycles. The lowest BCUT2D eigenvalue weighted by atomic mass is 9.60. The molecule has 4 rings (SSSR count). The molecule has 3 unspecified atom stereocenters. The number of nitrogens with one attached hydrogen (secondary N) is 1. The quantitative estimate of drug-likeness (QED) is 0.472.